The second kappa shape index (κ2) is 3.03. The van der Waals surface area contributed by atoms with Crippen molar-refractivity contribution in [2.45, 2.75) is 37.3 Å². The van der Waals surface area contributed by atoms with Crippen LogP contribution in [-0.4, -0.2) is 25.1 Å². The molecule has 66 valence electrons. The lowest BCUT2D eigenvalue weighted by molar-refractivity contribution is -0.0617. The van der Waals surface area contributed by atoms with Crippen LogP contribution in [0.5, 0.6) is 0 Å². The number of alkyl halides is 2. The van der Waals surface area contributed by atoms with E-state index in [4.69, 9.17) is 5.73 Å². The first-order chi connectivity index (χ1) is 5.08. The first-order valence-corrected chi connectivity index (χ1v) is 3.88. The zero-order chi connectivity index (χ0) is 8.48. The third-order valence-corrected chi connectivity index (χ3v) is 2.32. The molecule has 0 aliphatic heterocycles. The summed E-state index contributed by atoms with van der Waals surface area (Å²) in [4.78, 5) is 0. The summed E-state index contributed by atoms with van der Waals surface area (Å²) >= 11 is 0. The Hall–Kier alpha value is -0.220. The number of rotatable bonds is 1. The molecule has 1 aliphatic rings. The van der Waals surface area contributed by atoms with Crippen LogP contribution in [0.1, 0.15) is 19.3 Å². The Morgan fingerprint density at radius 2 is 2.18 bits per heavy atom. The Balaban J connectivity index is 2.60. The maximum Gasteiger partial charge on any atom is 0.264 e. The van der Waals surface area contributed by atoms with E-state index in [1.807, 2.05) is 0 Å². The molecular weight excluding hydrogens is 150 g/mol. The van der Waals surface area contributed by atoms with Crippen molar-refractivity contribution in [1.29, 1.82) is 0 Å². The van der Waals surface area contributed by atoms with Crippen LogP contribution in [-0.2, 0) is 0 Å². The molecule has 2 nitrogen and oxygen atoms in total. The van der Waals surface area contributed by atoms with Gasteiger partial charge in [0.1, 0.15) is 0 Å². The Bertz CT molecular complexity index is 138. The second-order valence-electron chi connectivity index (χ2n) is 3.07. The standard InChI is InChI=1S/C7H14F2N2/c1-11-5-3-2-4-7(8,9)6(5)10/h5-6,11H,2-4,10H2,1H3/t5-,6-/m1/s1. The molecule has 0 saturated heterocycles. The second-order valence-corrected chi connectivity index (χ2v) is 3.07. The first-order valence-electron chi connectivity index (χ1n) is 3.88. The number of likely N-dealkylation sites (N-methyl/N-ethyl adjacent to an activating group) is 1. The molecule has 0 aromatic heterocycles. The molecule has 4 heteroatoms. The van der Waals surface area contributed by atoms with Gasteiger partial charge < -0.3 is 11.1 Å². The average molecular weight is 164 g/mol. The Kier molecular flexibility index (Phi) is 2.44. The third kappa shape index (κ3) is 1.68. The molecule has 0 radical (unpaired) electrons. The topological polar surface area (TPSA) is 38.0 Å². The largest absolute Gasteiger partial charge is 0.321 e. The number of nitrogens with two attached hydrogens (primary N) is 1. The van der Waals surface area contributed by atoms with Crippen LogP contribution < -0.4 is 11.1 Å². The summed E-state index contributed by atoms with van der Waals surface area (Å²) in [5, 5.41) is 2.80. The van der Waals surface area contributed by atoms with E-state index in [1.165, 1.54) is 0 Å². The molecule has 0 bridgehead atoms. The van der Waals surface area contributed by atoms with Gasteiger partial charge in [0.25, 0.3) is 5.92 Å². The van der Waals surface area contributed by atoms with Gasteiger partial charge in [-0.05, 0) is 19.9 Å². The highest BCUT2D eigenvalue weighted by Crippen LogP contribution is 2.32. The van der Waals surface area contributed by atoms with E-state index in [2.05, 4.69) is 5.32 Å². The number of hydrogen-bond acceptors (Lipinski definition) is 2. The predicted octanol–water partition coefficient (Wildman–Crippen LogP) is 0.721. The van der Waals surface area contributed by atoms with E-state index in [-0.39, 0.29) is 12.5 Å². The minimum absolute atomic E-state index is 0.0631. The van der Waals surface area contributed by atoms with E-state index in [0.29, 0.717) is 6.42 Å². The Morgan fingerprint density at radius 1 is 1.55 bits per heavy atom. The van der Waals surface area contributed by atoms with Crippen LogP contribution in [0.25, 0.3) is 0 Å². The molecule has 1 aliphatic carbocycles. The minimum Gasteiger partial charge on any atom is -0.321 e. The summed E-state index contributed by atoms with van der Waals surface area (Å²) in [5.74, 6) is -2.67. The highest BCUT2D eigenvalue weighted by Gasteiger charge is 2.43. The first kappa shape index (κ1) is 8.87. The summed E-state index contributed by atoms with van der Waals surface area (Å²) in [6.07, 6.45) is 1.26. The van der Waals surface area contributed by atoms with Gasteiger partial charge in [-0.2, -0.15) is 0 Å². The molecule has 0 heterocycles. The lowest BCUT2D eigenvalue weighted by Gasteiger charge is -2.35. The molecule has 1 fully saturated rings. The summed E-state index contributed by atoms with van der Waals surface area (Å²) in [5.41, 5.74) is 5.35. The highest BCUT2D eigenvalue weighted by atomic mass is 19.3. The van der Waals surface area contributed by atoms with Gasteiger partial charge in [-0.1, -0.05) is 0 Å². The van der Waals surface area contributed by atoms with E-state index in [0.717, 1.165) is 6.42 Å². The lowest BCUT2D eigenvalue weighted by Crippen LogP contribution is -2.56. The van der Waals surface area contributed by atoms with Gasteiger partial charge >= 0.3 is 0 Å². The average Bonchev–Trinajstić information content (AvgIpc) is 1.95. The van der Waals surface area contributed by atoms with Crippen molar-refractivity contribution in [3.63, 3.8) is 0 Å². The molecule has 1 rings (SSSR count). The Labute approximate surface area is 65.1 Å². The fraction of sp³-hybridized carbons (Fsp3) is 1.00. The van der Waals surface area contributed by atoms with Crippen molar-refractivity contribution < 1.29 is 8.78 Å². The minimum atomic E-state index is -2.67. The quantitative estimate of drug-likeness (QED) is 0.599. The molecule has 0 aromatic rings. The van der Waals surface area contributed by atoms with Crippen LogP contribution in [0.15, 0.2) is 0 Å². The van der Waals surface area contributed by atoms with Crippen molar-refractivity contribution in [1.82, 2.24) is 5.32 Å². The van der Waals surface area contributed by atoms with Crippen LogP contribution in [0, 0.1) is 0 Å². The fourth-order valence-electron chi connectivity index (χ4n) is 1.52. The smallest absolute Gasteiger partial charge is 0.264 e. The van der Waals surface area contributed by atoms with Gasteiger partial charge in [0.15, 0.2) is 0 Å². The SMILES string of the molecule is CN[C@@H]1CCCC(F)(F)[C@@H]1N. The van der Waals surface area contributed by atoms with Crippen molar-refractivity contribution in [3.8, 4) is 0 Å². The zero-order valence-electron chi connectivity index (χ0n) is 6.61. The number of halogens is 2. The van der Waals surface area contributed by atoms with Crippen LogP contribution in [0.3, 0.4) is 0 Å². The molecular formula is C7H14F2N2. The van der Waals surface area contributed by atoms with Crippen LogP contribution >= 0.6 is 0 Å². The van der Waals surface area contributed by atoms with E-state index in [1.54, 1.807) is 7.05 Å². The molecule has 11 heavy (non-hydrogen) atoms. The number of nitrogens with one attached hydrogen (secondary N) is 1. The van der Waals surface area contributed by atoms with E-state index in [9.17, 15) is 8.78 Å². The highest BCUT2D eigenvalue weighted by molar-refractivity contribution is 4.94. The summed E-state index contributed by atoms with van der Waals surface area (Å²) in [7, 11) is 1.67. The normalized spacial score (nSPS) is 37.1. The van der Waals surface area contributed by atoms with Crippen molar-refractivity contribution in [3.05, 3.63) is 0 Å². The van der Waals surface area contributed by atoms with Crippen molar-refractivity contribution in [2.75, 3.05) is 7.05 Å². The van der Waals surface area contributed by atoms with Gasteiger partial charge in [0.2, 0.25) is 0 Å². The molecule has 3 N–H and O–H groups in total. The van der Waals surface area contributed by atoms with E-state index >= 15 is 0 Å². The Morgan fingerprint density at radius 3 is 2.64 bits per heavy atom. The van der Waals surface area contributed by atoms with Crippen molar-refractivity contribution in [2.24, 2.45) is 5.73 Å². The molecule has 0 aromatic carbocycles. The molecule has 0 unspecified atom stereocenters. The maximum absolute atomic E-state index is 12.9. The zero-order valence-corrected chi connectivity index (χ0v) is 6.61. The predicted molar refractivity (Wildman–Crippen MR) is 39.6 cm³/mol. The molecule has 2 atom stereocenters. The van der Waals surface area contributed by atoms with Gasteiger partial charge in [-0.15, -0.1) is 0 Å². The lowest BCUT2D eigenvalue weighted by atomic mass is 9.88. The van der Waals surface area contributed by atoms with E-state index < -0.39 is 12.0 Å². The molecule has 1 saturated carbocycles. The number of hydrogen-bond donors (Lipinski definition) is 2. The van der Waals surface area contributed by atoms with Crippen molar-refractivity contribution >= 4 is 0 Å². The summed E-state index contributed by atoms with van der Waals surface area (Å²) < 4.78 is 25.7. The summed E-state index contributed by atoms with van der Waals surface area (Å²) in [6.45, 7) is 0. The molecule has 0 amide bonds. The molecule has 0 spiro atoms. The summed E-state index contributed by atoms with van der Waals surface area (Å²) in [6, 6.07) is -1.24. The fourth-order valence-corrected chi connectivity index (χ4v) is 1.52. The van der Waals surface area contributed by atoms with Gasteiger partial charge in [0.05, 0.1) is 6.04 Å². The van der Waals surface area contributed by atoms with Gasteiger partial charge in [-0.25, -0.2) is 8.78 Å². The maximum atomic E-state index is 12.9. The van der Waals surface area contributed by atoms with Gasteiger partial charge in [0, 0.05) is 12.5 Å². The third-order valence-electron chi connectivity index (χ3n) is 2.32. The van der Waals surface area contributed by atoms with Crippen LogP contribution in [0.2, 0.25) is 0 Å². The van der Waals surface area contributed by atoms with Crippen LogP contribution in [0.4, 0.5) is 8.78 Å². The monoisotopic (exact) mass is 164 g/mol. The van der Waals surface area contributed by atoms with Gasteiger partial charge in [-0.3, -0.25) is 0 Å².